The first kappa shape index (κ1) is 20.6. The number of nitrogens with one attached hydrogen (secondary N) is 1. The van der Waals surface area contributed by atoms with Crippen LogP contribution in [0.5, 0.6) is 0 Å². The van der Waals surface area contributed by atoms with Crippen molar-refractivity contribution in [2.75, 3.05) is 31.1 Å². The second kappa shape index (κ2) is 9.31. The highest BCUT2D eigenvalue weighted by Gasteiger charge is 2.22. The van der Waals surface area contributed by atoms with Gasteiger partial charge < -0.3 is 15.1 Å². The number of nitrogens with zero attached hydrogens (tertiary/aromatic N) is 2. The Kier molecular flexibility index (Phi) is 7.39. The molecule has 0 spiro atoms. The molecule has 0 radical (unpaired) electrons. The number of halogens is 1. The summed E-state index contributed by atoms with van der Waals surface area (Å²) in [6.45, 7) is 9.81. The molecule has 144 valence electrons. The lowest BCUT2D eigenvalue weighted by molar-refractivity contribution is 0.198. The first-order valence-electron chi connectivity index (χ1n) is 9.59. The van der Waals surface area contributed by atoms with Gasteiger partial charge in [-0.1, -0.05) is 30.5 Å². The van der Waals surface area contributed by atoms with Crippen LogP contribution in [0.25, 0.3) is 0 Å². The maximum Gasteiger partial charge on any atom is 0.321 e. The van der Waals surface area contributed by atoms with Crippen LogP contribution in [0.1, 0.15) is 43.7 Å². The summed E-state index contributed by atoms with van der Waals surface area (Å²) < 4.78 is 0. The summed E-state index contributed by atoms with van der Waals surface area (Å²) in [4.78, 5) is 16.8. The van der Waals surface area contributed by atoms with Gasteiger partial charge in [-0.15, -0.1) is 12.4 Å². The topological polar surface area (TPSA) is 35.6 Å². The number of rotatable bonds is 3. The van der Waals surface area contributed by atoms with Crippen molar-refractivity contribution in [2.45, 2.75) is 46.5 Å². The maximum atomic E-state index is 12.4. The van der Waals surface area contributed by atoms with Crippen LogP contribution >= 0.6 is 12.4 Å². The lowest BCUT2D eigenvalue weighted by Crippen LogP contribution is -2.51. The summed E-state index contributed by atoms with van der Waals surface area (Å²) >= 11 is 0. The van der Waals surface area contributed by atoms with E-state index in [9.17, 15) is 4.79 Å². The van der Waals surface area contributed by atoms with Crippen LogP contribution in [-0.4, -0.2) is 37.1 Å². The fourth-order valence-electron chi connectivity index (χ4n) is 3.99. The first-order chi connectivity index (χ1) is 12.1. The maximum absolute atomic E-state index is 12.4. The molecule has 0 bridgehead atoms. The number of carbonyl (C=O) groups is 1. The van der Waals surface area contributed by atoms with Crippen molar-refractivity contribution in [1.29, 1.82) is 0 Å². The Hall–Kier alpha value is -1.68. The van der Waals surface area contributed by atoms with Gasteiger partial charge in [-0.05, 0) is 56.7 Å². The monoisotopic (exact) mass is 377 g/mol. The summed E-state index contributed by atoms with van der Waals surface area (Å²) in [5, 5.41) is 3.01. The summed E-state index contributed by atoms with van der Waals surface area (Å²) in [6.07, 6.45) is 7.13. The zero-order valence-corrected chi connectivity index (χ0v) is 17.1. The number of carbonyl (C=O) groups excluding carboxylic acids is 1. The van der Waals surface area contributed by atoms with Crippen LogP contribution in [0.15, 0.2) is 30.0 Å². The van der Waals surface area contributed by atoms with E-state index in [1.54, 1.807) is 0 Å². The minimum absolute atomic E-state index is 0. The van der Waals surface area contributed by atoms with E-state index in [0.29, 0.717) is 5.92 Å². The number of anilines is 1. The fraction of sp³-hybridized carbons (Fsp3) is 0.571. The smallest absolute Gasteiger partial charge is 0.321 e. The van der Waals surface area contributed by atoms with E-state index < -0.39 is 0 Å². The molecule has 2 fully saturated rings. The zero-order chi connectivity index (χ0) is 17.8. The number of hydrogen-bond donors (Lipinski definition) is 1. The summed E-state index contributed by atoms with van der Waals surface area (Å²) in [5.74, 6) is 0.668. The molecule has 1 aromatic carbocycles. The predicted molar refractivity (Wildman–Crippen MR) is 111 cm³/mol. The molecule has 1 heterocycles. The van der Waals surface area contributed by atoms with Crippen LogP contribution in [0, 0.1) is 19.8 Å². The van der Waals surface area contributed by atoms with E-state index >= 15 is 0 Å². The van der Waals surface area contributed by atoms with E-state index in [-0.39, 0.29) is 18.4 Å². The van der Waals surface area contributed by atoms with Gasteiger partial charge in [0.05, 0.1) is 0 Å². The van der Waals surface area contributed by atoms with Gasteiger partial charge in [-0.3, -0.25) is 0 Å². The molecule has 2 amide bonds. The molecular weight excluding hydrogens is 346 g/mol. The lowest BCUT2D eigenvalue weighted by atomic mass is 10.0. The quantitative estimate of drug-likeness (QED) is 0.832. The molecule has 1 saturated carbocycles. The number of amides is 2. The Morgan fingerprint density at radius 2 is 1.77 bits per heavy atom. The van der Waals surface area contributed by atoms with Gasteiger partial charge in [0, 0.05) is 38.1 Å². The van der Waals surface area contributed by atoms with Crippen LogP contribution in [0.4, 0.5) is 10.5 Å². The Balaban J connectivity index is 0.00000243. The third-order valence-electron chi connectivity index (χ3n) is 5.91. The van der Waals surface area contributed by atoms with Gasteiger partial charge in [0.2, 0.25) is 0 Å². The van der Waals surface area contributed by atoms with Crippen molar-refractivity contribution in [3.63, 3.8) is 0 Å². The van der Waals surface area contributed by atoms with Crippen molar-refractivity contribution < 1.29 is 4.79 Å². The number of benzene rings is 1. The SMILES string of the molecule is C/C(=C\NC(=O)N1CCN(c2cccc(C)c2C)CC1)C1CCCC1.Cl. The summed E-state index contributed by atoms with van der Waals surface area (Å²) in [6, 6.07) is 6.50. The molecule has 1 aliphatic heterocycles. The van der Waals surface area contributed by atoms with E-state index in [1.165, 1.54) is 48.1 Å². The van der Waals surface area contributed by atoms with Gasteiger partial charge >= 0.3 is 6.03 Å². The third-order valence-corrected chi connectivity index (χ3v) is 5.91. The molecule has 0 unspecified atom stereocenters. The summed E-state index contributed by atoms with van der Waals surface area (Å²) in [7, 11) is 0. The van der Waals surface area contributed by atoms with Crippen LogP contribution in [0.3, 0.4) is 0 Å². The van der Waals surface area contributed by atoms with E-state index in [4.69, 9.17) is 0 Å². The zero-order valence-electron chi connectivity index (χ0n) is 16.3. The lowest BCUT2D eigenvalue weighted by Gasteiger charge is -2.36. The third kappa shape index (κ3) is 4.73. The molecule has 26 heavy (non-hydrogen) atoms. The highest BCUT2D eigenvalue weighted by Crippen LogP contribution is 2.30. The van der Waals surface area contributed by atoms with Gasteiger partial charge in [0.15, 0.2) is 0 Å². The molecule has 5 heteroatoms. The molecule has 1 N–H and O–H groups in total. The molecule has 1 aliphatic carbocycles. The van der Waals surface area contributed by atoms with Crippen LogP contribution < -0.4 is 10.2 Å². The molecule has 2 aliphatic rings. The summed E-state index contributed by atoms with van der Waals surface area (Å²) in [5.41, 5.74) is 5.29. The highest BCUT2D eigenvalue weighted by atomic mass is 35.5. The Bertz CT molecular complexity index is 645. The Morgan fingerprint density at radius 3 is 2.42 bits per heavy atom. The predicted octanol–water partition coefficient (Wildman–Crippen LogP) is 4.65. The van der Waals surface area contributed by atoms with Crippen molar-refractivity contribution in [3.05, 3.63) is 41.1 Å². The highest BCUT2D eigenvalue weighted by molar-refractivity contribution is 5.85. The number of hydrogen-bond acceptors (Lipinski definition) is 2. The van der Waals surface area contributed by atoms with Crippen molar-refractivity contribution in [2.24, 2.45) is 5.92 Å². The van der Waals surface area contributed by atoms with Crippen molar-refractivity contribution in [3.8, 4) is 0 Å². The van der Waals surface area contributed by atoms with E-state index in [0.717, 1.165) is 26.2 Å². The molecule has 1 aromatic rings. The fourth-order valence-corrected chi connectivity index (χ4v) is 3.99. The van der Waals surface area contributed by atoms with Gasteiger partial charge in [0.25, 0.3) is 0 Å². The van der Waals surface area contributed by atoms with E-state index in [2.05, 4.69) is 49.2 Å². The second-order valence-corrected chi connectivity index (χ2v) is 7.51. The average molecular weight is 378 g/mol. The molecule has 0 aromatic heterocycles. The van der Waals surface area contributed by atoms with Gasteiger partial charge in [-0.2, -0.15) is 0 Å². The van der Waals surface area contributed by atoms with Crippen molar-refractivity contribution >= 4 is 24.1 Å². The Morgan fingerprint density at radius 1 is 1.12 bits per heavy atom. The normalized spacial score (nSPS) is 18.7. The molecule has 0 atom stereocenters. The number of piperazine rings is 1. The largest absolute Gasteiger partial charge is 0.368 e. The number of allylic oxidation sites excluding steroid dienone is 1. The van der Waals surface area contributed by atoms with Crippen molar-refractivity contribution in [1.82, 2.24) is 10.2 Å². The molecule has 3 rings (SSSR count). The minimum atomic E-state index is 0. The number of urea groups is 1. The standard InChI is InChI=1S/C21H31N3O.ClH/c1-16-7-6-10-20(18(16)3)23-11-13-24(14-12-23)21(25)22-15-17(2)19-8-4-5-9-19;/h6-7,10,15,19H,4-5,8-9,11-14H2,1-3H3,(H,22,25);1H/b17-15+;. The Labute approximate surface area is 164 Å². The molecule has 4 nitrogen and oxygen atoms in total. The molecular formula is C21H32ClN3O. The van der Waals surface area contributed by atoms with Gasteiger partial charge in [-0.25, -0.2) is 4.79 Å². The van der Waals surface area contributed by atoms with Crippen LogP contribution in [0.2, 0.25) is 0 Å². The molecule has 1 saturated heterocycles. The first-order valence-corrected chi connectivity index (χ1v) is 9.59. The van der Waals surface area contributed by atoms with E-state index in [1.807, 2.05) is 11.1 Å². The second-order valence-electron chi connectivity index (χ2n) is 7.51. The minimum Gasteiger partial charge on any atom is -0.368 e. The van der Waals surface area contributed by atoms with Gasteiger partial charge in [0.1, 0.15) is 0 Å². The van der Waals surface area contributed by atoms with Crippen LogP contribution in [-0.2, 0) is 0 Å². The average Bonchev–Trinajstić information content (AvgIpc) is 3.17. The number of aryl methyl sites for hydroxylation is 1.